The Hall–Kier alpha value is -1.92. The van der Waals surface area contributed by atoms with E-state index in [-0.39, 0.29) is 24.2 Å². The maximum atomic E-state index is 12.8. The molecule has 4 rings (SSSR count). The smallest absolute Gasteiger partial charge is 0.255 e. The lowest BCUT2D eigenvalue weighted by atomic mass is 10.0. The molecule has 2 saturated heterocycles. The lowest BCUT2D eigenvalue weighted by molar-refractivity contribution is -0.0447. The van der Waals surface area contributed by atoms with Crippen LogP contribution in [0.3, 0.4) is 0 Å². The average Bonchev–Trinajstić information content (AvgIpc) is 3.24. The van der Waals surface area contributed by atoms with Gasteiger partial charge in [-0.15, -0.1) is 0 Å². The van der Waals surface area contributed by atoms with Crippen LogP contribution in [0.5, 0.6) is 5.75 Å². The van der Waals surface area contributed by atoms with Crippen LogP contribution in [0, 0.1) is 0 Å². The van der Waals surface area contributed by atoms with Crippen molar-refractivity contribution in [1.82, 2.24) is 9.88 Å². The van der Waals surface area contributed by atoms with Crippen LogP contribution in [0.15, 0.2) is 41.4 Å². The normalized spacial score (nSPS) is 26.8. The van der Waals surface area contributed by atoms with E-state index in [0.717, 1.165) is 30.8 Å². The third-order valence-corrected chi connectivity index (χ3v) is 5.11. The minimum absolute atomic E-state index is 0.0634. The molecule has 0 unspecified atom stereocenters. The van der Waals surface area contributed by atoms with Gasteiger partial charge in [-0.05, 0) is 36.4 Å². The fourth-order valence-electron chi connectivity index (χ4n) is 3.39. The van der Waals surface area contributed by atoms with E-state index < -0.39 is 0 Å². The molecule has 0 spiro atoms. The maximum Gasteiger partial charge on any atom is 0.255 e. The molecule has 6 heteroatoms. The average molecular weight is 330 g/mol. The summed E-state index contributed by atoms with van der Waals surface area (Å²) in [5.41, 5.74) is 0.751. The Labute approximate surface area is 138 Å². The van der Waals surface area contributed by atoms with Crippen molar-refractivity contribution in [2.75, 3.05) is 13.2 Å². The van der Waals surface area contributed by atoms with E-state index in [9.17, 15) is 4.79 Å². The van der Waals surface area contributed by atoms with E-state index >= 15 is 0 Å². The van der Waals surface area contributed by atoms with Gasteiger partial charge >= 0.3 is 0 Å². The molecule has 0 aliphatic carbocycles. The van der Waals surface area contributed by atoms with Crippen molar-refractivity contribution in [3.05, 3.63) is 46.9 Å². The Bertz CT molecular complexity index is 662. The second-order valence-electron chi connectivity index (χ2n) is 5.86. The number of hydrogen-bond acceptors (Lipinski definition) is 5. The molecule has 4 heterocycles. The number of ether oxygens (including phenoxy) is 2. The molecule has 5 nitrogen and oxygen atoms in total. The quantitative estimate of drug-likeness (QED) is 0.868. The zero-order valence-corrected chi connectivity index (χ0v) is 13.4. The second-order valence-corrected chi connectivity index (χ2v) is 6.64. The molecule has 2 fully saturated rings. The van der Waals surface area contributed by atoms with Gasteiger partial charge in [0.2, 0.25) is 0 Å². The highest BCUT2D eigenvalue weighted by Crippen LogP contribution is 2.32. The molecule has 0 aromatic carbocycles. The first-order valence-electron chi connectivity index (χ1n) is 7.84. The van der Waals surface area contributed by atoms with Gasteiger partial charge in [-0.2, -0.15) is 11.3 Å². The highest BCUT2D eigenvalue weighted by Gasteiger charge is 2.47. The summed E-state index contributed by atoms with van der Waals surface area (Å²) < 4.78 is 12.0. The lowest BCUT2D eigenvalue weighted by Crippen LogP contribution is -2.44. The van der Waals surface area contributed by atoms with Crippen LogP contribution in [0.4, 0.5) is 0 Å². The first-order chi connectivity index (χ1) is 11.3. The number of nitrogens with zero attached hydrogens (tertiary/aromatic N) is 2. The first kappa shape index (κ1) is 14.7. The molecule has 2 aliphatic rings. The van der Waals surface area contributed by atoms with Gasteiger partial charge in [0, 0.05) is 18.2 Å². The molecular formula is C17H18N2O3S. The van der Waals surface area contributed by atoms with Crippen LogP contribution in [0.1, 0.15) is 23.2 Å². The third kappa shape index (κ3) is 2.84. The Balaban J connectivity index is 1.56. The minimum atomic E-state index is -0.146. The van der Waals surface area contributed by atoms with Crippen LogP contribution in [-0.4, -0.2) is 47.2 Å². The van der Waals surface area contributed by atoms with Crippen LogP contribution in [0.2, 0.25) is 0 Å². The highest BCUT2D eigenvalue weighted by atomic mass is 32.1. The predicted molar refractivity (Wildman–Crippen MR) is 86.8 cm³/mol. The molecule has 0 saturated carbocycles. The van der Waals surface area contributed by atoms with Crippen molar-refractivity contribution >= 4 is 17.2 Å². The fourth-order valence-corrected chi connectivity index (χ4v) is 4.02. The van der Waals surface area contributed by atoms with Crippen molar-refractivity contribution in [3.63, 3.8) is 0 Å². The Morgan fingerprint density at radius 1 is 1.43 bits per heavy atom. The Morgan fingerprint density at radius 3 is 3.17 bits per heavy atom. The molecule has 2 aromatic heterocycles. The van der Waals surface area contributed by atoms with Gasteiger partial charge in [-0.25, -0.2) is 0 Å². The molecule has 0 bridgehead atoms. The SMILES string of the molecule is O=C(c1ccsc1)N1C[C@@H](Oc2cccnc2)[C@@H]2OCCC[C@@H]21. The standard InChI is InChI=1S/C17H18N2O3S/c20-17(12-5-8-23-11-12)19-10-15(16-14(19)4-2-7-21-16)22-13-3-1-6-18-9-13/h1,3,5-6,8-9,11,14-16H,2,4,7,10H2/t14-,15+,16+/m0/s1. The number of fused-ring (bicyclic) bond motifs is 1. The first-order valence-corrected chi connectivity index (χ1v) is 8.78. The van der Waals surface area contributed by atoms with Gasteiger partial charge in [0.25, 0.3) is 5.91 Å². The summed E-state index contributed by atoms with van der Waals surface area (Å²) in [5, 5.41) is 3.83. The van der Waals surface area contributed by atoms with Gasteiger partial charge in [-0.3, -0.25) is 9.78 Å². The highest BCUT2D eigenvalue weighted by molar-refractivity contribution is 7.08. The van der Waals surface area contributed by atoms with Crippen LogP contribution in [0.25, 0.3) is 0 Å². The number of thiophene rings is 1. The van der Waals surface area contributed by atoms with E-state index in [4.69, 9.17) is 9.47 Å². The lowest BCUT2D eigenvalue weighted by Gasteiger charge is -2.31. The summed E-state index contributed by atoms with van der Waals surface area (Å²) in [4.78, 5) is 18.8. The molecule has 1 amide bonds. The Morgan fingerprint density at radius 2 is 2.39 bits per heavy atom. The van der Waals surface area contributed by atoms with E-state index in [1.54, 1.807) is 23.7 Å². The van der Waals surface area contributed by atoms with Gasteiger partial charge < -0.3 is 14.4 Å². The van der Waals surface area contributed by atoms with Gasteiger partial charge in [0.05, 0.1) is 24.3 Å². The van der Waals surface area contributed by atoms with E-state index in [2.05, 4.69) is 4.98 Å². The minimum Gasteiger partial charge on any atom is -0.484 e. The van der Waals surface area contributed by atoms with Gasteiger partial charge in [0.15, 0.2) is 0 Å². The van der Waals surface area contributed by atoms with Gasteiger partial charge in [-0.1, -0.05) is 0 Å². The van der Waals surface area contributed by atoms with Crippen molar-refractivity contribution in [1.29, 1.82) is 0 Å². The predicted octanol–water partition coefficient (Wildman–Crippen LogP) is 2.59. The van der Waals surface area contributed by atoms with Crippen LogP contribution < -0.4 is 4.74 Å². The number of carbonyl (C=O) groups is 1. The monoisotopic (exact) mass is 330 g/mol. The third-order valence-electron chi connectivity index (χ3n) is 4.43. The Kier molecular flexibility index (Phi) is 4.01. The molecule has 2 aliphatic heterocycles. The largest absolute Gasteiger partial charge is 0.484 e. The summed E-state index contributed by atoms with van der Waals surface area (Å²) in [7, 11) is 0. The maximum absolute atomic E-state index is 12.8. The molecular weight excluding hydrogens is 312 g/mol. The number of aromatic nitrogens is 1. The van der Waals surface area contributed by atoms with E-state index in [0.29, 0.717) is 6.54 Å². The van der Waals surface area contributed by atoms with Crippen molar-refractivity contribution < 1.29 is 14.3 Å². The summed E-state index contributed by atoms with van der Waals surface area (Å²) in [6.45, 7) is 1.29. The van der Waals surface area contributed by atoms with Crippen molar-refractivity contribution in [2.24, 2.45) is 0 Å². The topological polar surface area (TPSA) is 51.7 Å². The number of hydrogen-bond donors (Lipinski definition) is 0. The molecule has 2 aromatic rings. The van der Waals surface area contributed by atoms with Crippen LogP contribution in [-0.2, 0) is 4.74 Å². The zero-order chi connectivity index (χ0) is 15.6. The van der Waals surface area contributed by atoms with Crippen LogP contribution >= 0.6 is 11.3 Å². The van der Waals surface area contributed by atoms with Crippen molar-refractivity contribution in [3.8, 4) is 5.75 Å². The van der Waals surface area contributed by atoms with Gasteiger partial charge in [0.1, 0.15) is 18.0 Å². The number of amides is 1. The molecule has 23 heavy (non-hydrogen) atoms. The van der Waals surface area contributed by atoms with E-state index in [1.165, 1.54) is 0 Å². The fraction of sp³-hybridized carbons (Fsp3) is 0.412. The molecule has 3 atom stereocenters. The number of pyridine rings is 1. The summed E-state index contributed by atoms with van der Waals surface area (Å²) >= 11 is 1.54. The summed E-state index contributed by atoms with van der Waals surface area (Å²) in [6, 6.07) is 5.70. The number of carbonyl (C=O) groups excluding carboxylic acids is 1. The van der Waals surface area contributed by atoms with E-state index in [1.807, 2.05) is 33.9 Å². The number of rotatable bonds is 3. The number of likely N-dealkylation sites (tertiary alicyclic amines) is 1. The second kappa shape index (κ2) is 6.29. The van der Waals surface area contributed by atoms with Crippen molar-refractivity contribution in [2.45, 2.75) is 31.1 Å². The molecule has 120 valence electrons. The molecule has 0 N–H and O–H groups in total. The zero-order valence-electron chi connectivity index (χ0n) is 12.6. The molecule has 0 radical (unpaired) electrons. The summed E-state index contributed by atoms with van der Waals surface area (Å²) in [6.07, 6.45) is 5.15. The summed E-state index contributed by atoms with van der Waals surface area (Å²) in [5.74, 6) is 0.791.